The van der Waals surface area contributed by atoms with Crippen LogP contribution in [0.2, 0.25) is 0 Å². The second kappa shape index (κ2) is 22.6. The van der Waals surface area contributed by atoms with E-state index in [1.54, 1.807) is 24.3 Å². The van der Waals surface area contributed by atoms with Crippen LogP contribution in [0.1, 0.15) is 52.7 Å². The van der Waals surface area contributed by atoms with E-state index in [1.165, 1.54) is 40.5 Å². The number of amides is 1. The van der Waals surface area contributed by atoms with Gasteiger partial charge in [-0.05, 0) is 79.1 Å². The standard InChI is InChI=1S/C22H27N3O7.C17H21N5O4/c1-14(2)11-29-21(27)31-18-9-16(5)8-17(10-18)20-23-13-25(24-20)7-6-19(26)32-22(28)30-12-15(3)4;1-11(2)9-25-17(24)26-14-7-12(3)6-13(8-14)16-19-10-22(21-16)5-4-15(23)20-18/h6-10,13-15H,11-12H2,1-5H3;4-8,10-11H,9,18H2,1-3H3,(H,20,23)/b7-6-;5-4-. The average Bonchev–Trinajstić information content (AvgIpc) is 3.84. The Bertz CT molecular complexity index is 2090. The smallest absolute Gasteiger partial charge is 0.434 e. The second-order valence-corrected chi connectivity index (χ2v) is 13.8. The van der Waals surface area contributed by atoms with E-state index in [4.69, 9.17) is 29.5 Å². The maximum atomic E-state index is 11.8. The Morgan fingerprint density at radius 2 is 1.05 bits per heavy atom. The number of nitrogens with two attached hydrogens (primary N) is 1. The van der Waals surface area contributed by atoms with Crippen molar-refractivity contribution in [3.63, 3.8) is 0 Å². The summed E-state index contributed by atoms with van der Waals surface area (Å²) in [5, 5.41) is 8.47. The third kappa shape index (κ3) is 16.9. The van der Waals surface area contributed by atoms with Gasteiger partial charge in [0.1, 0.15) is 24.2 Å². The van der Waals surface area contributed by atoms with Crippen LogP contribution in [0, 0.1) is 31.6 Å². The molecule has 4 aromatic rings. The van der Waals surface area contributed by atoms with Crippen LogP contribution in [-0.2, 0) is 28.5 Å². The van der Waals surface area contributed by atoms with E-state index in [-0.39, 0.29) is 37.6 Å². The molecular weight excluding hydrogens is 756 g/mol. The Morgan fingerprint density at radius 3 is 1.47 bits per heavy atom. The van der Waals surface area contributed by atoms with Crippen LogP contribution in [0.4, 0.5) is 14.4 Å². The zero-order valence-corrected chi connectivity index (χ0v) is 33.5. The van der Waals surface area contributed by atoms with Gasteiger partial charge < -0.3 is 28.4 Å². The summed E-state index contributed by atoms with van der Waals surface area (Å²) >= 11 is 0. The van der Waals surface area contributed by atoms with Crippen molar-refractivity contribution in [1.82, 2.24) is 35.0 Å². The van der Waals surface area contributed by atoms with Gasteiger partial charge in [-0.25, -0.2) is 44.4 Å². The quantitative estimate of drug-likeness (QED) is 0.0213. The Hall–Kier alpha value is -6.89. The fraction of sp³-hybridized carbons (Fsp3) is 0.359. The number of carbonyl (C=O) groups excluding carboxylic acids is 5. The molecule has 0 atom stereocenters. The zero-order valence-electron chi connectivity index (χ0n) is 33.5. The van der Waals surface area contributed by atoms with Gasteiger partial charge in [0.15, 0.2) is 11.6 Å². The van der Waals surface area contributed by atoms with Crippen molar-refractivity contribution in [2.75, 3.05) is 19.8 Å². The van der Waals surface area contributed by atoms with Gasteiger partial charge in [-0.3, -0.25) is 10.2 Å². The van der Waals surface area contributed by atoms with Gasteiger partial charge >= 0.3 is 24.4 Å². The number of hydrazine groups is 1. The lowest BCUT2D eigenvalue weighted by Gasteiger charge is -2.09. The summed E-state index contributed by atoms with van der Waals surface area (Å²) in [6.45, 7) is 15.8. The van der Waals surface area contributed by atoms with Crippen LogP contribution in [0.15, 0.2) is 61.2 Å². The normalized spacial score (nSPS) is 11.0. The van der Waals surface area contributed by atoms with Crippen molar-refractivity contribution >= 4 is 42.7 Å². The maximum absolute atomic E-state index is 11.8. The number of ether oxygens (including phenoxy) is 6. The van der Waals surface area contributed by atoms with Gasteiger partial charge in [0.25, 0.3) is 5.91 Å². The molecule has 0 bridgehead atoms. The van der Waals surface area contributed by atoms with E-state index >= 15 is 0 Å². The predicted octanol–water partition coefficient (Wildman–Crippen LogP) is 6.12. The first kappa shape index (κ1) is 45.5. The summed E-state index contributed by atoms with van der Waals surface area (Å²) < 4.78 is 32.4. The molecule has 2 heterocycles. The number of hydrogen-bond acceptors (Lipinski definition) is 16. The van der Waals surface area contributed by atoms with E-state index in [0.29, 0.717) is 34.3 Å². The molecule has 19 heteroatoms. The Balaban J connectivity index is 0.000000317. The monoisotopic (exact) mass is 804 g/mol. The van der Waals surface area contributed by atoms with Crippen LogP contribution in [0.3, 0.4) is 0 Å². The number of nitrogens with zero attached hydrogens (tertiary/aromatic N) is 6. The van der Waals surface area contributed by atoms with Crippen molar-refractivity contribution in [1.29, 1.82) is 0 Å². The molecule has 4 rings (SSSR count). The fourth-order valence-electron chi connectivity index (χ4n) is 4.26. The number of esters is 1. The molecule has 0 saturated carbocycles. The molecule has 0 saturated heterocycles. The first-order valence-corrected chi connectivity index (χ1v) is 18.0. The minimum atomic E-state index is -1.06. The third-order valence-electron chi connectivity index (χ3n) is 6.71. The molecule has 0 radical (unpaired) electrons. The zero-order chi connectivity index (χ0) is 42.8. The highest BCUT2D eigenvalue weighted by molar-refractivity contribution is 5.91. The van der Waals surface area contributed by atoms with Crippen LogP contribution < -0.4 is 20.7 Å². The highest BCUT2D eigenvalue weighted by Crippen LogP contribution is 2.25. The number of aryl methyl sites for hydroxylation is 2. The van der Waals surface area contributed by atoms with Crippen molar-refractivity contribution < 1.29 is 52.4 Å². The molecule has 58 heavy (non-hydrogen) atoms. The molecule has 0 aliphatic rings. The van der Waals surface area contributed by atoms with Crippen molar-refractivity contribution in [3.05, 3.63) is 72.3 Å². The van der Waals surface area contributed by atoms with Gasteiger partial charge in [0.05, 0.1) is 19.8 Å². The first-order chi connectivity index (χ1) is 27.5. The summed E-state index contributed by atoms with van der Waals surface area (Å²) in [4.78, 5) is 66.1. The lowest BCUT2D eigenvalue weighted by molar-refractivity contribution is -0.134. The average molecular weight is 805 g/mol. The third-order valence-corrected chi connectivity index (χ3v) is 6.71. The summed E-state index contributed by atoms with van der Waals surface area (Å²) in [6.07, 6.45) is 5.13. The van der Waals surface area contributed by atoms with Crippen molar-refractivity contribution in [3.8, 4) is 34.3 Å². The minimum absolute atomic E-state index is 0.125. The van der Waals surface area contributed by atoms with E-state index in [1.807, 2.05) is 72.9 Å². The van der Waals surface area contributed by atoms with E-state index in [0.717, 1.165) is 17.2 Å². The molecule has 0 spiro atoms. The highest BCUT2D eigenvalue weighted by Gasteiger charge is 2.14. The molecule has 2 aromatic heterocycles. The van der Waals surface area contributed by atoms with Gasteiger partial charge in [-0.15, -0.1) is 10.2 Å². The number of rotatable bonds is 14. The van der Waals surface area contributed by atoms with Gasteiger partial charge in [0.2, 0.25) is 0 Å². The van der Waals surface area contributed by atoms with Crippen LogP contribution in [0.25, 0.3) is 35.2 Å². The van der Waals surface area contributed by atoms with Crippen LogP contribution in [0.5, 0.6) is 11.5 Å². The molecule has 1 amide bonds. The molecule has 0 aliphatic carbocycles. The van der Waals surface area contributed by atoms with Crippen molar-refractivity contribution in [2.45, 2.75) is 55.4 Å². The molecule has 2 aromatic carbocycles. The van der Waals surface area contributed by atoms with E-state index in [2.05, 4.69) is 24.9 Å². The summed E-state index contributed by atoms with van der Waals surface area (Å²) in [6, 6.07) is 10.3. The second-order valence-electron chi connectivity index (χ2n) is 13.8. The Morgan fingerprint density at radius 1 is 0.638 bits per heavy atom. The topological polar surface area (TPSA) is 240 Å². The molecular formula is C39H48N8O11. The molecule has 0 unspecified atom stereocenters. The lowest BCUT2D eigenvalue weighted by atomic mass is 10.1. The molecule has 0 aliphatic heterocycles. The highest BCUT2D eigenvalue weighted by atomic mass is 16.7. The van der Waals surface area contributed by atoms with E-state index in [9.17, 15) is 24.0 Å². The number of aromatic nitrogens is 6. The Labute approximate surface area is 335 Å². The summed E-state index contributed by atoms with van der Waals surface area (Å²) in [5.41, 5.74) is 4.92. The van der Waals surface area contributed by atoms with Crippen LogP contribution >= 0.6 is 0 Å². The van der Waals surface area contributed by atoms with Gasteiger partial charge in [0, 0.05) is 35.7 Å². The SMILES string of the molecule is Cc1cc(OC(=O)OCC(C)C)cc(-c2ncn(/C=C\C(=O)NN)n2)c1.Cc1cc(OC(=O)OCC(C)C)cc(-c2ncn(/C=C\C(=O)OC(=O)OCC(C)C)n2)c1. The lowest BCUT2D eigenvalue weighted by Crippen LogP contribution is -2.28. The maximum Gasteiger partial charge on any atom is 0.516 e. The largest absolute Gasteiger partial charge is 0.516 e. The molecule has 3 N–H and O–H groups in total. The number of benzene rings is 2. The van der Waals surface area contributed by atoms with E-state index < -0.39 is 30.3 Å². The fourth-order valence-corrected chi connectivity index (χ4v) is 4.26. The number of hydrogen-bond donors (Lipinski definition) is 2. The summed E-state index contributed by atoms with van der Waals surface area (Å²) in [5.74, 6) is 5.55. The van der Waals surface area contributed by atoms with Crippen LogP contribution in [-0.4, -0.2) is 79.7 Å². The number of nitrogens with one attached hydrogen (secondary N) is 1. The molecule has 19 nitrogen and oxygen atoms in total. The predicted molar refractivity (Wildman–Crippen MR) is 209 cm³/mol. The van der Waals surface area contributed by atoms with Crippen molar-refractivity contribution in [2.24, 2.45) is 23.6 Å². The van der Waals surface area contributed by atoms with Gasteiger partial charge in [-0.1, -0.05) is 41.5 Å². The minimum Gasteiger partial charge on any atom is -0.434 e. The first-order valence-electron chi connectivity index (χ1n) is 18.0. The van der Waals surface area contributed by atoms with Gasteiger partial charge in [-0.2, -0.15) is 0 Å². The number of carbonyl (C=O) groups is 5. The summed E-state index contributed by atoms with van der Waals surface area (Å²) in [7, 11) is 0. The molecule has 0 fully saturated rings. The Kier molecular flexibility index (Phi) is 17.7. The molecule has 310 valence electrons.